The maximum atomic E-state index is 12.7. The lowest BCUT2D eigenvalue weighted by Crippen LogP contribution is -2.23. The van der Waals surface area contributed by atoms with Crippen molar-refractivity contribution in [2.45, 2.75) is 31.4 Å². The van der Waals surface area contributed by atoms with Gasteiger partial charge >= 0.3 is 5.97 Å². The van der Waals surface area contributed by atoms with Crippen molar-refractivity contribution >= 4 is 16.1 Å². The third-order valence-electron chi connectivity index (χ3n) is 6.00. The van der Waals surface area contributed by atoms with E-state index in [4.69, 9.17) is 13.7 Å². The zero-order valence-corrected chi connectivity index (χ0v) is 22.8. The van der Waals surface area contributed by atoms with E-state index in [-0.39, 0.29) is 36.0 Å². The molecule has 0 spiro atoms. The van der Waals surface area contributed by atoms with Gasteiger partial charge < -0.3 is 14.6 Å². The van der Waals surface area contributed by atoms with Gasteiger partial charge in [-0.05, 0) is 66.9 Å². The Morgan fingerprint density at radius 1 is 0.975 bits per heavy atom. The normalized spacial score (nSPS) is 11.3. The van der Waals surface area contributed by atoms with E-state index in [0.717, 1.165) is 11.1 Å². The molecule has 0 saturated carbocycles. The molecule has 1 heterocycles. The number of rotatable bonds is 12. The second-order valence-electron chi connectivity index (χ2n) is 8.95. The van der Waals surface area contributed by atoms with Crippen LogP contribution in [0.4, 0.5) is 0 Å². The molecule has 208 valence electrons. The summed E-state index contributed by atoms with van der Waals surface area (Å²) in [5, 5.41) is 13.7. The van der Waals surface area contributed by atoms with Gasteiger partial charge in [0.05, 0.1) is 22.8 Å². The third-order valence-corrected chi connectivity index (χ3v) is 7.27. The summed E-state index contributed by atoms with van der Waals surface area (Å²) in [6.07, 6.45) is 0.384. The monoisotopic (exact) mass is 564 g/mol. The van der Waals surface area contributed by atoms with Crippen LogP contribution in [-0.2, 0) is 38.6 Å². The first-order chi connectivity index (χ1) is 19.2. The smallest absolute Gasteiger partial charge is 0.335 e. The number of carbonyl (C=O) groups is 1. The van der Waals surface area contributed by atoms with Gasteiger partial charge in [-0.25, -0.2) is 9.48 Å². The minimum atomic E-state index is -3.98. The van der Waals surface area contributed by atoms with E-state index in [2.05, 4.69) is 5.10 Å². The fourth-order valence-electron chi connectivity index (χ4n) is 3.88. The second-order valence-corrected chi connectivity index (χ2v) is 10.6. The van der Waals surface area contributed by atoms with Gasteiger partial charge in [0.2, 0.25) is 0 Å². The summed E-state index contributed by atoms with van der Waals surface area (Å²) in [4.78, 5) is 23.9. The Bertz CT molecular complexity index is 1660. The highest BCUT2D eigenvalue weighted by Crippen LogP contribution is 2.30. The number of hydrogen-bond donors (Lipinski definition) is 1. The fourth-order valence-corrected chi connectivity index (χ4v) is 4.78. The highest BCUT2D eigenvalue weighted by Gasteiger charge is 2.17. The number of carboxylic acids is 1. The molecule has 0 aliphatic carbocycles. The first kappa shape index (κ1) is 28.7. The van der Waals surface area contributed by atoms with Crippen molar-refractivity contribution in [2.24, 2.45) is 0 Å². The van der Waals surface area contributed by atoms with Gasteiger partial charge in [0.15, 0.2) is 6.79 Å². The van der Waals surface area contributed by atoms with Gasteiger partial charge in [0.25, 0.3) is 15.7 Å². The predicted octanol–water partition coefficient (Wildman–Crippen LogP) is 4.05. The van der Waals surface area contributed by atoms with Crippen LogP contribution < -0.4 is 10.3 Å². The van der Waals surface area contributed by atoms with Crippen LogP contribution in [0.5, 0.6) is 5.75 Å². The zero-order chi connectivity index (χ0) is 28.7. The van der Waals surface area contributed by atoms with Crippen LogP contribution in [0.25, 0.3) is 11.3 Å². The Balaban J connectivity index is 1.59. The SMILES string of the molecule is COCOc1ccc(COS(=O)(=O)c2ccc(C)cc2)cc1-c1ccc(=O)n(CCc2cccc(C(=O)O)c2)n1. The van der Waals surface area contributed by atoms with Gasteiger partial charge in [0, 0.05) is 25.3 Å². The predicted molar refractivity (Wildman–Crippen MR) is 147 cm³/mol. The molecule has 1 N–H and O–H groups in total. The summed E-state index contributed by atoms with van der Waals surface area (Å²) < 4.78 is 42.6. The number of hydrogen-bond acceptors (Lipinski definition) is 8. The minimum Gasteiger partial charge on any atom is -0.478 e. The number of nitrogens with zero attached hydrogens (tertiary/aromatic N) is 2. The van der Waals surface area contributed by atoms with Crippen molar-refractivity contribution in [1.82, 2.24) is 9.78 Å². The Kier molecular flexibility index (Phi) is 9.10. The Hall–Kier alpha value is -4.32. The lowest BCUT2D eigenvalue weighted by Gasteiger charge is -2.14. The van der Waals surface area contributed by atoms with Crippen LogP contribution in [-0.4, -0.2) is 43.2 Å². The van der Waals surface area contributed by atoms with E-state index in [9.17, 15) is 23.1 Å². The highest BCUT2D eigenvalue weighted by molar-refractivity contribution is 7.86. The molecule has 0 amide bonds. The van der Waals surface area contributed by atoms with E-state index in [1.807, 2.05) is 6.92 Å². The molecule has 1 aromatic heterocycles. The molecule has 0 saturated heterocycles. The molecular weight excluding hydrogens is 536 g/mol. The molecule has 0 aliphatic rings. The molecule has 11 heteroatoms. The Morgan fingerprint density at radius 2 is 1.75 bits per heavy atom. The van der Waals surface area contributed by atoms with E-state index in [1.54, 1.807) is 54.6 Å². The topological polar surface area (TPSA) is 134 Å². The third kappa shape index (κ3) is 7.20. The maximum absolute atomic E-state index is 12.7. The number of benzene rings is 3. The fraction of sp³-hybridized carbons (Fsp3) is 0.207. The van der Waals surface area contributed by atoms with E-state index < -0.39 is 16.1 Å². The molecule has 0 unspecified atom stereocenters. The average Bonchev–Trinajstić information content (AvgIpc) is 2.95. The first-order valence-corrected chi connectivity index (χ1v) is 13.7. The maximum Gasteiger partial charge on any atom is 0.335 e. The van der Waals surface area contributed by atoms with Gasteiger partial charge in [-0.15, -0.1) is 0 Å². The standard InChI is InChI=1S/C29H28N2O8S/c1-20-6-9-24(10-7-20)40(35,36)39-18-22-8-12-27(38-19-37-2)25(17-22)26-11-13-28(32)31(30-26)15-14-21-4-3-5-23(16-21)29(33)34/h3-13,16-17H,14-15,18-19H2,1-2H3,(H,33,34). The summed E-state index contributed by atoms with van der Waals surface area (Å²) >= 11 is 0. The van der Waals surface area contributed by atoms with Crippen molar-refractivity contribution in [3.05, 3.63) is 111 Å². The lowest BCUT2D eigenvalue weighted by atomic mass is 10.1. The first-order valence-electron chi connectivity index (χ1n) is 12.3. The minimum absolute atomic E-state index is 0.0375. The van der Waals surface area contributed by atoms with Crippen LogP contribution >= 0.6 is 0 Å². The summed E-state index contributed by atoms with van der Waals surface area (Å²) in [5.41, 5.74) is 2.97. The van der Waals surface area contributed by atoms with Crippen molar-refractivity contribution in [3.63, 3.8) is 0 Å². The van der Waals surface area contributed by atoms with Crippen molar-refractivity contribution < 1.29 is 32.0 Å². The molecule has 3 aromatic carbocycles. The largest absolute Gasteiger partial charge is 0.478 e. The molecule has 0 atom stereocenters. The molecule has 0 aliphatic heterocycles. The molecule has 40 heavy (non-hydrogen) atoms. The van der Waals surface area contributed by atoms with Gasteiger partial charge in [0.1, 0.15) is 5.75 Å². The van der Waals surface area contributed by atoms with Crippen LogP contribution in [0.2, 0.25) is 0 Å². The quantitative estimate of drug-likeness (QED) is 0.200. The van der Waals surface area contributed by atoms with Crippen molar-refractivity contribution in [1.29, 1.82) is 0 Å². The number of aromatic nitrogens is 2. The summed E-state index contributed by atoms with van der Waals surface area (Å²) in [6, 6.07) is 20.8. The lowest BCUT2D eigenvalue weighted by molar-refractivity contribution is 0.0515. The van der Waals surface area contributed by atoms with E-state index in [0.29, 0.717) is 29.0 Å². The van der Waals surface area contributed by atoms with Crippen molar-refractivity contribution in [3.8, 4) is 17.0 Å². The molecule has 0 bridgehead atoms. The van der Waals surface area contributed by atoms with E-state index in [1.165, 1.54) is 36.1 Å². The van der Waals surface area contributed by atoms with Crippen LogP contribution in [0.3, 0.4) is 0 Å². The van der Waals surface area contributed by atoms with Gasteiger partial charge in [-0.1, -0.05) is 35.9 Å². The number of aryl methyl sites for hydroxylation is 3. The summed E-state index contributed by atoms with van der Waals surface area (Å²) in [6.45, 7) is 1.80. The Labute approximate surface area is 231 Å². The summed E-state index contributed by atoms with van der Waals surface area (Å²) in [7, 11) is -2.50. The number of carboxylic acid groups (broad SMARTS) is 1. The molecule has 4 aromatic rings. The highest BCUT2D eigenvalue weighted by atomic mass is 32.2. The molecule has 0 fully saturated rings. The zero-order valence-electron chi connectivity index (χ0n) is 21.9. The molecule has 10 nitrogen and oxygen atoms in total. The van der Waals surface area contributed by atoms with Gasteiger partial charge in [-0.3, -0.25) is 8.98 Å². The molecule has 0 radical (unpaired) electrons. The number of aromatic carboxylic acids is 1. The van der Waals surface area contributed by atoms with Crippen LogP contribution in [0.15, 0.2) is 88.6 Å². The van der Waals surface area contributed by atoms with Crippen LogP contribution in [0, 0.1) is 6.92 Å². The second kappa shape index (κ2) is 12.7. The number of methoxy groups -OCH3 is 1. The average molecular weight is 565 g/mol. The Morgan fingerprint density at radius 3 is 2.48 bits per heavy atom. The van der Waals surface area contributed by atoms with Gasteiger partial charge in [-0.2, -0.15) is 13.5 Å². The summed E-state index contributed by atoms with van der Waals surface area (Å²) in [5.74, 6) is -0.614. The molecular formula is C29H28N2O8S. The molecule has 4 rings (SSSR count). The van der Waals surface area contributed by atoms with E-state index >= 15 is 0 Å². The van der Waals surface area contributed by atoms with Crippen LogP contribution in [0.1, 0.15) is 27.0 Å². The number of ether oxygens (including phenoxy) is 2. The van der Waals surface area contributed by atoms with Crippen molar-refractivity contribution in [2.75, 3.05) is 13.9 Å².